The van der Waals surface area contributed by atoms with Gasteiger partial charge in [0.15, 0.2) is 0 Å². The Kier molecular flexibility index (Phi) is 8.62. The van der Waals surface area contributed by atoms with Crippen molar-refractivity contribution in [2.24, 2.45) is 17.3 Å². The van der Waals surface area contributed by atoms with Gasteiger partial charge in [0, 0.05) is 45.5 Å². The highest BCUT2D eigenvalue weighted by Gasteiger charge is 2.71. The highest BCUT2D eigenvalue weighted by Crippen LogP contribution is 2.58. The van der Waals surface area contributed by atoms with Gasteiger partial charge in [-0.2, -0.15) is 0 Å². The third-order valence-corrected chi connectivity index (χ3v) is 8.79. The van der Waals surface area contributed by atoms with Crippen LogP contribution in [0, 0.1) is 17.3 Å². The minimum absolute atomic E-state index is 0.103. The Hall–Kier alpha value is -2.33. The highest BCUT2D eigenvalue weighted by molar-refractivity contribution is 6.38. The van der Waals surface area contributed by atoms with Gasteiger partial charge in [-0.15, -0.1) is 0 Å². The monoisotopic (exact) mass is 653 g/mol. The number of morpholine rings is 1. The van der Waals surface area contributed by atoms with Gasteiger partial charge in [-0.25, -0.2) is 0 Å². The number of fused-ring (bicyclic) bond motifs is 4. The van der Waals surface area contributed by atoms with Crippen molar-refractivity contribution in [1.29, 1.82) is 0 Å². The second kappa shape index (κ2) is 11.6. The van der Waals surface area contributed by atoms with Crippen molar-refractivity contribution in [3.05, 3.63) is 68.6 Å². The number of carbonyl (C=O) groups is 3. The molecule has 2 fully saturated rings. The van der Waals surface area contributed by atoms with Crippen LogP contribution in [-0.2, 0) is 29.4 Å². The van der Waals surface area contributed by atoms with E-state index in [-0.39, 0.29) is 41.8 Å². The average Bonchev–Trinajstić information content (AvgIpc) is 3.38. The van der Waals surface area contributed by atoms with Crippen LogP contribution >= 0.6 is 46.4 Å². The summed E-state index contributed by atoms with van der Waals surface area (Å²) in [5.74, 6) is -3.93. The minimum Gasteiger partial charge on any atom is -0.461 e. The Labute approximate surface area is 264 Å². The van der Waals surface area contributed by atoms with Gasteiger partial charge >= 0.3 is 5.97 Å². The summed E-state index contributed by atoms with van der Waals surface area (Å²) in [6.07, 6.45) is 1.43. The van der Waals surface area contributed by atoms with E-state index in [0.717, 1.165) is 0 Å². The number of carbonyl (C=O) groups excluding carboxylic acids is 3. The van der Waals surface area contributed by atoms with Crippen molar-refractivity contribution in [1.82, 2.24) is 4.90 Å². The summed E-state index contributed by atoms with van der Waals surface area (Å²) in [6.45, 7) is 10.5. The van der Waals surface area contributed by atoms with Crippen LogP contribution in [0.2, 0.25) is 20.1 Å². The number of esters is 1. The molecule has 224 valence electrons. The standard InChI is InChI=1S/C30H31Cl4N3O5/c1-5-7-42-27(39)24-23(26(38)36(15-29(2,3)4)19-10-16(31)9-17(32)11-19)22-14-41-8-6-37(22)30(24)20-12-18(33)13-21(34)25(20)35-28(30)40/h5,9-13,22-24H,1,6-8,14-15H2,2-4H3,(H,35,40). The van der Waals surface area contributed by atoms with E-state index >= 15 is 0 Å². The molecule has 0 aliphatic carbocycles. The molecule has 4 unspecified atom stereocenters. The van der Waals surface area contributed by atoms with Gasteiger partial charge < -0.3 is 19.7 Å². The zero-order valence-corrected chi connectivity index (χ0v) is 26.4. The zero-order chi connectivity index (χ0) is 30.6. The number of anilines is 2. The van der Waals surface area contributed by atoms with Crippen LogP contribution in [-0.4, -0.2) is 61.6 Å². The van der Waals surface area contributed by atoms with Crippen molar-refractivity contribution in [3.63, 3.8) is 0 Å². The molecule has 2 amide bonds. The fourth-order valence-corrected chi connectivity index (χ4v) is 7.50. The summed E-state index contributed by atoms with van der Waals surface area (Å²) in [4.78, 5) is 46.7. The van der Waals surface area contributed by atoms with Crippen LogP contribution in [0.4, 0.5) is 11.4 Å². The molecule has 2 aromatic carbocycles. The van der Waals surface area contributed by atoms with Gasteiger partial charge in [0.1, 0.15) is 18.1 Å². The van der Waals surface area contributed by atoms with E-state index in [1.165, 1.54) is 12.1 Å². The van der Waals surface area contributed by atoms with Crippen molar-refractivity contribution in [2.75, 3.05) is 43.1 Å². The first-order valence-electron chi connectivity index (χ1n) is 13.5. The third-order valence-electron chi connectivity index (χ3n) is 7.83. The number of rotatable bonds is 6. The smallest absolute Gasteiger partial charge is 0.312 e. The molecule has 1 N–H and O–H groups in total. The Morgan fingerprint density at radius 3 is 2.45 bits per heavy atom. The molecule has 12 heteroatoms. The largest absolute Gasteiger partial charge is 0.461 e. The lowest BCUT2D eigenvalue weighted by molar-refractivity contribution is -0.157. The van der Waals surface area contributed by atoms with Crippen molar-refractivity contribution >= 4 is 75.6 Å². The molecule has 3 heterocycles. The molecule has 2 aromatic rings. The normalized spacial score (nSPS) is 25.1. The maximum Gasteiger partial charge on any atom is 0.312 e. The molecular weight excluding hydrogens is 624 g/mol. The first-order valence-corrected chi connectivity index (χ1v) is 15.0. The molecule has 3 aliphatic heterocycles. The fraction of sp³-hybridized carbons (Fsp3) is 0.433. The Morgan fingerprint density at radius 2 is 1.81 bits per heavy atom. The van der Waals surface area contributed by atoms with Gasteiger partial charge in [0.25, 0.3) is 5.91 Å². The van der Waals surface area contributed by atoms with Crippen molar-refractivity contribution in [2.45, 2.75) is 32.4 Å². The molecular formula is C30H31Cl4N3O5. The van der Waals surface area contributed by atoms with Crippen LogP contribution < -0.4 is 10.2 Å². The van der Waals surface area contributed by atoms with Gasteiger partial charge in [0.2, 0.25) is 5.91 Å². The van der Waals surface area contributed by atoms with Crippen molar-refractivity contribution in [3.8, 4) is 0 Å². The van der Waals surface area contributed by atoms with E-state index < -0.39 is 41.2 Å². The Bertz CT molecular complexity index is 1440. The molecule has 0 radical (unpaired) electrons. The van der Waals surface area contributed by atoms with E-state index in [1.54, 1.807) is 29.2 Å². The summed E-state index contributed by atoms with van der Waals surface area (Å²) in [7, 11) is 0. The molecule has 0 saturated carbocycles. The molecule has 4 atom stereocenters. The first kappa shape index (κ1) is 31.1. The molecule has 5 rings (SSSR count). The van der Waals surface area contributed by atoms with Gasteiger partial charge in [-0.1, -0.05) is 79.8 Å². The van der Waals surface area contributed by atoms with E-state index in [4.69, 9.17) is 55.9 Å². The Balaban J connectivity index is 1.74. The van der Waals surface area contributed by atoms with Crippen molar-refractivity contribution < 1.29 is 23.9 Å². The molecule has 42 heavy (non-hydrogen) atoms. The van der Waals surface area contributed by atoms with E-state index in [0.29, 0.717) is 33.6 Å². The van der Waals surface area contributed by atoms with Gasteiger partial charge in [-0.05, 0) is 35.7 Å². The van der Waals surface area contributed by atoms with Crippen LogP contribution in [0.3, 0.4) is 0 Å². The lowest BCUT2D eigenvalue weighted by Gasteiger charge is -2.40. The maximum atomic E-state index is 14.9. The summed E-state index contributed by atoms with van der Waals surface area (Å²) in [5.41, 5.74) is -0.756. The Morgan fingerprint density at radius 1 is 1.14 bits per heavy atom. The van der Waals surface area contributed by atoms with Crippen LogP contribution in [0.25, 0.3) is 0 Å². The number of benzene rings is 2. The van der Waals surface area contributed by atoms with Crippen LogP contribution in [0.5, 0.6) is 0 Å². The molecule has 8 nitrogen and oxygen atoms in total. The highest BCUT2D eigenvalue weighted by atomic mass is 35.5. The van der Waals surface area contributed by atoms with E-state index in [9.17, 15) is 14.4 Å². The lowest BCUT2D eigenvalue weighted by Crippen LogP contribution is -2.57. The quantitative estimate of drug-likeness (QED) is 0.295. The minimum atomic E-state index is -1.63. The summed E-state index contributed by atoms with van der Waals surface area (Å²) < 4.78 is 11.5. The number of nitrogens with one attached hydrogen (secondary N) is 1. The summed E-state index contributed by atoms with van der Waals surface area (Å²) in [5, 5.41) is 4.09. The molecule has 2 saturated heterocycles. The number of amides is 2. The number of ether oxygens (including phenoxy) is 2. The van der Waals surface area contributed by atoms with Crippen LogP contribution in [0.15, 0.2) is 43.0 Å². The van der Waals surface area contributed by atoms with Crippen LogP contribution in [0.1, 0.15) is 26.3 Å². The number of hydrogen-bond acceptors (Lipinski definition) is 6. The second-order valence-electron chi connectivity index (χ2n) is 11.9. The summed E-state index contributed by atoms with van der Waals surface area (Å²) >= 11 is 25.7. The maximum absolute atomic E-state index is 14.9. The predicted octanol–water partition coefficient (Wildman–Crippen LogP) is 6.20. The molecule has 1 spiro atoms. The topological polar surface area (TPSA) is 88.2 Å². The lowest BCUT2D eigenvalue weighted by atomic mass is 9.74. The third kappa shape index (κ3) is 5.31. The number of halogens is 4. The number of hydrogen-bond donors (Lipinski definition) is 1. The zero-order valence-electron chi connectivity index (χ0n) is 23.4. The predicted molar refractivity (Wildman–Crippen MR) is 164 cm³/mol. The van der Waals surface area contributed by atoms with Gasteiger partial charge in [0.05, 0.1) is 29.8 Å². The van der Waals surface area contributed by atoms with E-state index in [2.05, 4.69) is 11.9 Å². The molecule has 0 aromatic heterocycles. The molecule has 3 aliphatic rings. The molecule has 0 bridgehead atoms. The first-order chi connectivity index (χ1) is 19.8. The average molecular weight is 655 g/mol. The SMILES string of the molecule is C=CCOC(=O)C1C(C(=O)N(CC(C)(C)C)c2cc(Cl)cc(Cl)c2)C2COCCN2C12C(=O)Nc1c(Cl)cc(Cl)cc12. The summed E-state index contributed by atoms with van der Waals surface area (Å²) in [6, 6.07) is 7.37. The fourth-order valence-electron chi connectivity index (χ4n) is 6.45. The van der Waals surface area contributed by atoms with E-state index in [1.807, 2.05) is 25.7 Å². The van der Waals surface area contributed by atoms with Gasteiger partial charge in [-0.3, -0.25) is 19.3 Å². The number of nitrogens with zero attached hydrogens (tertiary/aromatic N) is 2. The second-order valence-corrected chi connectivity index (χ2v) is 13.6.